The van der Waals surface area contributed by atoms with Gasteiger partial charge in [-0.05, 0) is 37.0 Å². The van der Waals surface area contributed by atoms with Crippen molar-refractivity contribution in [2.45, 2.75) is 25.3 Å². The second-order valence-electron chi connectivity index (χ2n) is 3.65. The number of nitrogens with two attached hydrogens (primary N) is 1. The van der Waals surface area contributed by atoms with Crippen LogP contribution in [-0.2, 0) is 6.42 Å². The third-order valence-corrected chi connectivity index (χ3v) is 2.66. The van der Waals surface area contributed by atoms with E-state index in [1.165, 1.54) is 6.07 Å². The molecule has 16 heavy (non-hydrogen) atoms. The van der Waals surface area contributed by atoms with Crippen LogP contribution in [0.1, 0.15) is 18.4 Å². The van der Waals surface area contributed by atoms with Crippen molar-refractivity contribution in [2.24, 2.45) is 5.84 Å². The first kappa shape index (κ1) is 13.4. The first-order valence-corrected chi connectivity index (χ1v) is 5.67. The van der Waals surface area contributed by atoms with Crippen LogP contribution >= 0.6 is 11.6 Å². The van der Waals surface area contributed by atoms with Gasteiger partial charge in [0.1, 0.15) is 0 Å². The van der Waals surface area contributed by atoms with Gasteiger partial charge in [0.05, 0.1) is 0 Å². The van der Waals surface area contributed by atoms with Gasteiger partial charge in [0, 0.05) is 11.9 Å². The second-order valence-corrected chi connectivity index (χ2v) is 4.03. The number of rotatable bonds is 6. The van der Waals surface area contributed by atoms with Gasteiger partial charge in [-0.2, -0.15) is 0 Å². The fraction of sp³-hybridized carbons (Fsp3) is 0.455. The summed E-state index contributed by atoms with van der Waals surface area (Å²) in [6.45, 7) is 0. The maximum absolute atomic E-state index is 12.9. The molecule has 5 heteroatoms. The molecule has 3 N–H and O–H groups in total. The first-order valence-electron chi connectivity index (χ1n) is 5.13. The zero-order valence-electron chi connectivity index (χ0n) is 8.85. The largest absolute Gasteiger partial charge is 0.271 e. The minimum atomic E-state index is -0.832. The number of nitrogens with one attached hydrogen (secondary N) is 1. The Morgan fingerprint density at radius 3 is 2.62 bits per heavy atom. The maximum atomic E-state index is 12.9. The highest BCUT2D eigenvalue weighted by Crippen LogP contribution is 2.12. The molecule has 1 unspecified atom stereocenters. The zero-order valence-corrected chi connectivity index (χ0v) is 9.61. The predicted octanol–water partition coefficient (Wildman–Crippen LogP) is 2.36. The van der Waals surface area contributed by atoms with Crippen LogP contribution in [0.4, 0.5) is 8.78 Å². The number of hydrogen-bond donors (Lipinski definition) is 2. The fourth-order valence-corrected chi connectivity index (χ4v) is 1.67. The summed E-state index contributed by atoms with van der Waals surface area (Å²) >= 11 is 5.57. The van der Waals surface area contributed by atoms with E-state index >= 15 is 0 Å². The summed E-state index contributed by atoms with van der Waals surface area (Å²) < 4.78 is 25.6. The van der Waals surface area contributed by atoms with E-state index in [-0.39, 0.29) is 6.04 Å². The number of hydrogen-bond acceptors (Lipinski definition) is 2. The number of alkyl halides is 1. The third-order valence-electron chi connectivity index (χ3n) is 2.39. The highest BCUT2D eigenvalue weighted by Gasteiger charge is 2.09. The maximum Gasteiger partial charge on any atom is 0.159 e. The summed E-state index contributed by atoms with van der Waals surface area (Å²) in [7, 11) is 0. The molecule has 0 aliphatic rings. The van der Waals surface area contributed by atoms with Gasteiger partial charge in [-0.25, -0.2) is 8.78 Å². The van der Waals surface area contributed by atoms with Crippen LogP contribution < -0.4 is 11.3 Å². The molecule has 1 atom stereocenters. The van der Waals surface area contributed by atoms with Crippen LogP contribution in [0, 0.1) is 11.6 Å². The fourth-order valence-electron chi connectivity index (χ4n) is 1.52. The monoisotopic (exact) mass is 248 g/mol. The molecule has 0 saturated carbocycles. The molecular weight excluding hydrogens is 234 g/mol. The van der Waals surface area contributed by atoms with Crippen molar-refractivity contribution in [3.8, 4) is 0 Å². The van der Waals surface area contributed by atoms with Crippen LogP contribution in [0.15, 0.2) is 18.2 Å². The molecule has 2 nitrogen and oxygen atoms in total. The SMILES string of the molecule is NNC(CCCCl)Cc1ccc(F)c(F)c1. The van der Waals surface area contributed by atoms with Crippen molar-refractivity contribution >= 4 is 11.6 Å². The highest BCUT2D eigenvalue weighted by molar-refractivity contribution is 6.17. The van der Waals surface area contributed by atoms with Crippen molar-refractivity contribution in [1.29, 1.82) is 0 Å². The van der Waals surface area contributed by atoms with Gasteiger partial charge in [0.15, 0.2) is 11.6 Å². The summed E-state index contributed by atoms with van der Waals surface area (Å²) in [6.07, 6.45) is 2.20. The molecule has 0 aromatic heterocycles. The Bertz CT molecular complexity index is 334. The molecule has 1 rings (SSSR count). The Kier molecular flexibility index (Phi) is 5.66. The van der Waals surface area contributed by atoms with Crippen molar-refractivity contribution in [3.05, 3.63) is 35.4 Å². The van der Waals surface area contributed by atoms with Crippen LogP contribution in [0.25, 0.3) is 0 Å². The number of halogens is 3. The van der Waals surface area contributed by atoms with E-state index in [1.807, 2.05) is 0 Å². The lowest BCUT2D eigenvalue weighted by Gasteiger charge is -2.15. The molecule has 0 aliphatic heterocycles. The van der Waals surface area contributed by atoms with Gasteiger partial charge in [0.25, 0.3) is 0 Å². The van der Waals surface area contributed by atoms with E-state index in [2.05, 4.69) is 5.43 Å². The molecule has 0 radical (unpaired) electrons. The predicted molar refractivity (Wildman–Crippen MR) is 61.1 cm³/mol. The Balaban J connectivity index is 2.59. The lowest BCUT2D eigenvalue weighted by atomic mass is 10.0. The van der Waals surface area contributed by atoms with Gasteiger partial charge < -0.3 is 0 Å². The van der Waals surface area contributed by atoms with Crippen LogP contribution in [0.5, 0.6) is 0 Å². The van der Waals surface area contributed by atoms with Gasteiger partial charge in [-0.3, -0.25) is 11.3 Å². The Hall–Kier alpha value is -0.710. The van der Waals surface area contributed by atoms with E-state index in [1.54, 1.807) is 6.07 Å². The minimum absolute atomic E-state index is 0.0311. The van der Waals surface area contributed by atoms with Crippen molar-refractivity contribution in [3.63, 3.8) is 0 Å². The number of hydrazine groups is 1. The lowest BCUT2D eigenvalue weighted by molar-refractivity contribution is 0.480. The first-order chi connectivity index (χ1) is 7.67. The molecular formula is C11H15ClF2N2. The standard InChI is InChI=1S/C11H15ClF2N2/c12-5-1-2-9(16-15)6-8-3-4-10(13)11(14)7-8/h3-4,7,9,16H,1-2,5-6,15H2. The topological polar surface area (TPSA) is 38.0 Å². The van der Waals surface area contributed by atoms with Crippen LogP contribution in [-0.4, -0.2) is 11.9 Å². The summed E-state index contributed by atoms with van der Waals surface area (Å²) in [4.78, 5) is 0. The minimum Gasteiger partial charge on any atom is -0.271 e. The van der Waals surface area contributed by atoms with Gasteiger partial charge >= 0.3 is 0 Å². The summed E-state index contributed by atoms with van der Waals surface area (Å²) in [6, 6.07) is 3.91. The molecule has 0 bridgehead atoms. The molecule has 0 fully saturated rings. The molecule has 0 aliphatic carbocycles. The summed E-state index contributed by atoms with van der Waals surface area (Å²) in [5.74, 6) is 4.27. The average Bonchev–Trinajstić information content (AvgIpc) is 2.29. The zero-order chi connectivity index (χ0) is 12.0. The van der Waals surface area contributed by atoms with E-state index < -0.39 is 11.6 Å². The summed E-state index contributed by atoms with van der Waals surface area (Å²) in [5.41, 5.74) is 3.36. The summed E-state index contributed by atoms with van der Waals surface area (Å²) in [5, 5.41) is 0. The molecule has 90 valence electrons. The van der Waals surface area contributed by atoms with E-state index in [0.29, 0.717) is 12.3 Å². The quantitative estimate of drug-likeness (QED) is 0.461. The molecule has 0 spiro atoms. The van der Waals surface area contributed by atoms with Crippen molar-refractivity contribution in [1.82, 2.24) is 5.43 Å². The molecule has 0 heterocycles. The van der Waals surface area contributed by atoms with E-state index in [0.717, 1.165) is 24.5 Å². The molecule has 1 aromatic rings. The second kappa shape index (κ2) is 6.78. The van der Waals surface area contributed by atoms with Crippen molar-refractivity contribution < 1.29 is 8.78 Å². The molecule has 0 amide bonds. The number of benzene rings is 1. The lowest BCUT2D eigenvalue weighted by Crippen LogP contribution is -2.36. The molecule has 1 aromatic carbocycles. The van der Waals surface area contributed by atoms with Gasteiger partial charge in [0.2, 0.25) is 0 Å². The Labute approximate surface area is 98.8 Å². The van der Waals surface area contributed by atoms with Gasteiger partial charge in [-0.1, -0.05) is 6.07 Å². The van der Waals surface area contributed by atoms with Crippen LogP contribution in [0.3, 0.4) is 0 Å². The Morgan fingerprint density at radius 1 is 1.31 bits per heavy atom. The Morgan fingerprint density at radius 2 is 2.06 bits per heavy atom. The molecule has 0 saturated heterocycles. The van der Waals surface area contributed by atoms with Crippen molar-refractivity contribution in [2.75, 3.05) is 5.88 Å². The highest BCUT2D eigenvalue weighted by atomic mass is 35.5. The van der Waals surface area contributed by atoms with E-state index in [4.69, 9.17) is 17.4 Å². The van der Waals surface area contributed by atoms with Gasteiger partial charge in [-0.15, -0.1) is 11.6 Å². The normalized spacial score (nSPS) is 12.8. The van der Waals surface area contributed by atoms with Crippen LogP contribution in [0.2, 0.25) is 0 Å². The average molecular weight is 249 g/mol. The van der Waals surface area contributed by atoms with E-state index in [9.17, 15) is 8.78 Å². The smallest absolute Gasteiger partial charge is 0.159 e. The third kappa shape index (κ3) is 4.04.